The van der Waals surface area contributed by atoms with Crippen LogP contribution in [0.4, 0.5) is 5.95 Å². The van der Waals surface area contributed by atoms with E-state index in [-0.39, 0.29) is 5.41 Å². The minimum absolute atomic E-state index is 0.263. The van der Waals surface area contributed by atoms with E-state index in [1.807, 2.05) is 6.07 Å². The number of nitrogens with one attached hydrogen (secondary N) is 1. The van der Waals surface area contributed by atoms with Gasteiger partial charge in [-0.2, -0.15) is 4.98 Å². The van der Waals surface area contributed by atoms with Crippen LogP contribution < -0.4 is 10.6 Å². The summed E-state index contributed by atoms with van der Waals surface area (Å²) in [6, 6.07) is 2.04. The van der Waals surface area contributed by atoms with Gasteiger partial charge in [0.05, 0.1) is 8.66 Å². The van der Waals surface area contributed by atoms with Crippen LogP contribution in [0.5, 0.6) is 0 Å². The van der Waals surface area contributed by atoms with Gasteiger partial charge in [0.2, 0.25) is 5.95 Å². The van der Waals surface area contributed by atoms with E-state index >= 15 is 0 Å². The molecule has 0 unspecified atom stereocenters. The normalized spacial score (nSPS) is 18.2. The van der Waals surface area contributed by atoms with E-state index in [4.69, 9.17) is 5.73 Å². The van der Waals surface area contributed by atoms with Gasteiger partial charge in [0.1, 0.15) is 0 Å². The Bertz CT molecular complexity index is 611. The highest BCUT2D eigenvalue weighted by Crippen LogP contribution is 2.37. The summed E-state index contributed by atoms with van der Waals surface area (Å²) in [5.74, 6) is 1.60. The van der Waals surface area contributed by atoms with Crippen molar-refractivity contribution >= 4 is 49.1 Å². The molecule has 5 nitrogen and oxygen atoms in total. The molecule has 1 aliphatic rings. The van der Waals surface area contributed by atoms with E-state index in [9.17, 15) is 0 Å². The molecule has 0 aliphatic carbocycles. The van der Waals surface area contributed by atoms with Gasteiger partial charge in [0.15, 0.2) is 5.82 Å². The van der Waals surface area contributed by atoms with Gasteiger partial charge in [0.25, 0.3) is 0 Å². The van der Waals surface area contributed by atoms with Crippen molar-refractivity contribution < 1.29 is 0 Å². The van der Waals surface area contributed by atoms with Crippen LogP contribution in [0.25, 0.3) is 10.7 Å². The first kappa shape index (κ1) is 15.5. The Kier molecular flexibility index (Phi) is 4.40. The molecule has 0 radical (unpaired) electrons. The highest BCUT2D eigenvalue weighted by molar-refractivity contribution is 9.13. The van der Waals surface area contributed by atoms with Gasteiger partial charge in [-0.05, 0) is 62.7 Å². The Morgan fingerprint density at radius 3 is 2.71 bits per heavy atom. The van der Waals surface area contributed by atoms with Crippen molar-refractivity contribution in [3.8, 4) is 10.7 Å². The highest BCUT2D eigenvalue weighted by atomic mass is 79.9. The lowest BCUT2D eigenvalue weighted by Crippen LogP contribution is -2.42. The second-order valence-electron chi connectivity index (χ2n) is 5.72. The summed E-state index contributed by atoms with van der Waals surface area (Å²) in [5.41, 5.74) is 6.12. The van der Waals surface area contributed by atoms with Crippen LogP contribution in [0.2, 0.25) is 0 Å². The maximum Gasteiger partial charge on any atom is 0.245 e. The number of halogens is 2. The predicted molar refractivity (Wildman–Crippen MR) is 93.7 cm³/mol. The molecular formula is C13H17Br2N5S. The van der Waals surface area contributed by atoms with Crippen molar-refractivity contribution in [2.24, 2.45) is 11.1 Å². The molecule has 1 fully saturated rings. The zero-order valence-electron chi connectivity index (χ0n) is 11.7. The molecule has 0 saturated carbocycles. The SMILES string of the molecule is CC1(CN)CCN(c2n[nH]c(-c3cc(Br)c(Br)s3)n2)CC1. The second kappa shape index (κ2) is 5.98. The average Bonchev–Trinajstić information content (AvgIpc) is 3.08. The largest absolute Gasteiger partial charge is 0.339 e. The summed E-state index contributed by atoms with van der Waals surface area (Å²) in [6.45, 7) is 4.93. The lowest BCUT2D eigenvalue weighted by molar-refractivity contribution is 0.257. The van der Waals surface area contributed by atoms with E-state index in [2.05, 4.69) is 58.9 Å². The maximum atomic E-state index is 5.85. The van der Waals surface area contributed by atoms with Crippen molar-refractivity contribution in [3.63, 3.8) is 0 Å². The van der Waals surface area contributed by atoms with Crippen LogP contribution in [0.3, 0.4) is 0 Å². The summed E-state index contributed by atoms with van der Waals surface area (Å²) in [5, 5.41) is 7.40. The monoisotopic (exact) mass is 433 g/mol. The first-order chi connectivity index (χ1) is 10.0. The van der Waals surface area contributed by atoms with Crippen LogP contribution in [0, 0.1) is 5.41 Å². The van der Waals surface area contributed by atoms with E-state index in [0.29, 0.717) is 0 Å². The summed E-state index contributed by atoms with van der Waals surface area (Å²) < 4.78 is 2.10. The second-order valence-corrected chi connectivity index (χ2v) is 8.94. The molecule has 0 aromatic carbocycles. The number of nitrogens with zero attached hydrogens (tertiary/aromatic N) is 3. The standard InChI is InChI=1S/C13H17Br2N5S/c1-13(7-16)2-4-20(5-3-13)12-17-11(18-19-12)9-6-8(14)10(15)21-9/h6H,2-5,7,16H2,1H3,(H,17,18,19). The Hall–Kier alpha value is -0.440. The number of anilines is 1. The lowest BCUT2D eigenvalue weighted by Gasteiger charge is -2.38. The van der Waals surface area contributed by atoms with Gasteiger partial charge in [-0.1, -0.05) is 6.92 Å². The number of rotatable bonds is 3. The van der Waals surface area contributed by atoms with Crippen molar-refractivity contribution in [1.82, 2.24) is 15.2 Å². The number of thiophene rings is 1. The van der Waals surface area contributed by atoms with E-state index < -0.39 is 0 Å². The molecule has 8 heteroatoms. The predicted octanol–water partition coefficient (Wildman–Crippen LogP) is 3.62. The number of H-pyrrole nitrogens is 1. The number of aromatic nitrogens is 3. The molecular weight excluding hydrogens is 418 g/mol. The molecule has 0 amide bonds. The molecule has 2 aromatic heterocycles. The summed E-state index contributed by atoms with van der Waals surface area (Å²) >= 11 is 8.63. The number of hydrogen-bond acceptors (Lipinski definition) is 5. The first-order valence-electron chi connectivity index (χ1n) is 6.83. The third kappa shape index (κ3) is 3.18. The third-order valence-electron chi connectivity index (χ3n) is 4.10. The van der Waals surface area contributed by atoms with E-state index in [0.717, 1.165) is 57.4 Å². The van der Waals surface area contributed by atoms with Crippen LogP contribution in [-0.4, -0.2) is 34.8 Å². The van der Waals surface area contributed by atoms with Crippen LogP contribution >= 0.6 is 43.2 Å². The van der Waals surface area contributed by atoms with Gasteiger partial charge >= 0.3 is 0 Å². The fourth-order valence-electron chi connectivity index (χ4n) is 2.42. The average molecular weight is 435 g/mol. The summed E-state index contributed by atoms with van der Waals surface area (Å²) in [6.07, 6.45) is 2.17. The molecule has 3 N–H and O–H groups in total. The van der Waals surface area contributed by atoms with E-state index in [1.165, 1.54) is 0 Å². The minimum Gasteiger partial charge on any atom is -0.339 e. The summed E-state index contributed by atoms with van der Waals surface area (Å²) in [7, 11) is 0. The van der Waals surface area contributed by atoms with Gasteiger partial charge in [0, 0.05) is 17.6 Å². The number of piperidine rings is 1. The zero-order chi connectivity index (χ0) is 15.0. The van der Waals surface area contributed by atoms with Crippen molar-refractivity contribution in [1.29, 1.82) is 0 Å². The number of hydrogen-bond donors (Lipinski definition) is 2. The molecule has 0 atom stereocenters. The number of nitrogens with two attached hydrogens (primary N) is 1. The first-order valence-corrected chi connectivity index (χ1v) is 9.24. The third-order valence-corrected chi connectivity index (χ3v) is 7.36. The Morgan fingerprint density at radius 2 is 2.14 bits per heavy atom. The Labute approximate surface area is 144 Å². The summed E-state index contributed by atoms with van der Waals surface area (Å²) in [4.78, 5) is 7.93. The Balaban J connectivity index is 1.74. The quantitative estimate of drug-likeness (QED) is 0.773. The molecule has 3 rings (SSSR count). The van der Waals surface area contributed by atoms with Gasteiger partial charge < -0.3 is 10.6 Å². The fourth-order valence-corrected chi connectivity index (χ4v) is 4.39. The molecule has 0 bridgehead atoms. The lowest BCUT2D eigenvalue weighted by atomic mass is 9.81. The van der Waals surface area contributed by atoms with Crippen LogP contribution in [0.1, 0.15) is 19.8 Å². The van der Waals surface area contributed by atoms with Crippen molar-refractivity contribution in [3.05, 3.63) is 14.3 Å². The molecule has 114 valence electrons. The molecule has 1 saturated heterocycles. The molecule has 3 heterocycles. The van der Waals surface area contributed by atoms with Gasteiger partial charge in [-0.15, -0.1) is 16.4 Å². The van der Waals surface area contributed by atoms with E-state index in [1.54, 1.807) is 11.3 Å². The minimum atomic E-state index is 0.263. The highest BCUT2D eigenvalue weighted by Gasteiger charge is 2.30. The zero-order valence-corrected chi connectivity index (χ0v) is 15.7. The molecule has 2 aromatic rings. The van der Waals surface area contributed by atoms with Gasteiger partial charge in [-0.25, -0.2) is 0 Å². The van der Waals surface area contributed by atoms with Crippen molar-refractivity contribution in [2.45, 2.75) is 19.8 Å². The molecule has 1 aliphatic heterocycles. The molecule has 0 spiro atoms. The smallest absolute Gasteiger partial charge is 0.245 e. The van der Waals surface area contributed by atoms with Crippen LogP contribution in [0.15, 0.2) is 14.3 Å². The molecule has 21 heavy (non-hydrogen) atoms. The topological polar surface area (TPSA) is 70.8 Å². The van der Waals surface area contributed by atoms with Crippen molar-refractivity contribution in [2.75, 3.05) is 24.5 Å². The van der Waals surface area contributed by atoms with Gasteiger partial charge in [-0.3, -0.25) is 5.10 Å². The maximum absolute atomic E-state index is 5.85. The fraction of sp³-hybridized carbons (Fsp3) is 0.538. The Morgan fingerprint density at radius 1 is 1.43 bits per heavy atom. The van der Waals surface area contributed by atoms with Crippen LogP contribution in [-0.2, 0) is 0 Å². The number of aromatic amines is 1.